The molecule has 2 heterocycles. The third-order valence-corrected chi connectivity index (χ3v) is 5.63. The maximum atomic E-state index is 11.9. The van der Waals surface area contributed by atoms with Crippen LogP contribution in [0.3, 0.4) is 0 Å². The minimum absolute atomic E-state index is 0.0139. The molecule has 2 aliphatic heterocycles. The monoisotopic (exact) mass is 432 g/mol. The number of amidine groups is 1. The number of nitrogens with zero attached hydrogens (tertiary/aromatic N) is 2. The average Bonchev–Trinajstić information content (AvgIpc) is 3.29. The van der Waals surface area contributed by atoms with Crippen molar-refractivity contribution in [2.24, 2.45) is 0 Å². The van der Waals surface area contributed by atoms with Crippen molar-refractivity contribution < 1.29 is 19.4 Å². The summed E-state index contributed by atoms with van der Waals surface area (Å²) in [6.07, 6.45) is 1.98. The molecule has 0 spiro atoms. The van der Waals surface area contributed by atoms with Crippen molar-refractivity contribution in [2.75, 3.05) is 19.8 Å². The fraction of sp³-hybridized carbons (Fsp3) is 0.208. The van der Waals surface area contributed by atoms with Crippen LogP contribution in [0.25, 0.3) is 5.57 Å². The third kappa shape index (κ3) is 4.20. The summed E-state index contributed by atoms with van der Waals surface area (Å²) < 4.78 is 5.81. The summed E-state index contributed by atoms with van der Waals surface area (Å²) in [7, 11) is 0. The number of ether oxygens (including phenoxy) is 1. The molecule has 8 nitrogen and oxygen atoms in total. The van der Waals surface area contributed by atoms with Crippen molar-refractivity contribution in [3.05, 3.63) is 78.5 Å². The van der Waals surface area contributed by atoms with Crippen LogP contribution in [0.1, 0.15) is 12.0 Å². The molecule has 3 N–H and O–H groups in total. The highest BCUT2D eigenvalue weighted by Gasteiger charge is 2.36. The predicted molar refractivity (Wildman–Crippen MR) is 120 cm³/mol. The van der Waals surface area contributed by atoms with Gasteiger partial charge in [-0.1, -0.05) is 36.9 Å². The van der Waals surface area contributed by atoms with Gasteiger partial charge in [0.1, 0.15) is 23.0 Å². The molecule has 0 unspecified atom stereocenters. The minimum Gasteiger partial charge on any atom is -0.477 e. The normalized spacial score (nSPS) is 18.4. The van der Waals surface area contributed by atoms with E-state index in [1.54, 1.807) is 29.2 Å². The first kappa shape index (κ1) is 21.2. The first-order chi connectivity index (χ1) is 15.5. The number of carboxylic acid groups (broad SMARTS) is 1. The van der Waals surface area contributed by atoms with E-state index in [9.17, 15) is 14.7 Å². The molecule has 0 radical (unpaired) electrons. The van der Waals surface area contributed by atoms with E-state index >= 15 is 0 Å². The Kier molecular flexibility index (Phi) is 5.93. The van der Waals surface area contributed by atoms with Gasteiger partial charge in [-0.3, -0.25) is 10.2 Å². The molecule has 1 fully saturated rings. The summed E-state index contributed by atoms with van der Waals surface area (Å²) in [5.41, 5.74) is 0.894. The van der Waals surface area contributed by atoms with Gasteiger partial charge in [-0.15, -0.1) is 0 Å². The Morgan fingerprint density at radius 3 is 2.47 bits per heavy atom. The van der Waals surface area contributed by atoms with Crippen LogP contribution in [-0.4, -0.2) is 58.4 Å². The van der Waals surface area contributed by atoms with Crippen molar-refractivity contribution in [1.29, 1.82) is 5.41 Å². The Morgan fingerprint density at radius 2 is 1.81 bits per heavy atom. The fourth-order valence-corrected chi connectivity index (χ4v) is 4.01. The lowest BCUT2D eigenvalue weighted by atomic mass is 9.98. The smallest absolute Gasteiger partial charge is 0.352 e. The van der Waals surface area contributed by atoms with Crippen molar-refractivity contribution >= 4 is 23.3 Å². The van der Waals surface area contributed by atoms with E-state index in [0.29, 0.717) is 42.1 Å². The molecule has 2 aromatic rings. The van der Waals surface area contributed by atoms with E-state index < -0.39 is 5.97 Å². The highest BCUT2D eigenvalue weighted by Crippen LogP contribution is 2.30. The Bertz CT molecular complexity index is 1080. The summed E-state index contributed by atoms with van der Waals surface area (Å²) in [5, 5.41) is 21.4. The minimum atomic E-state index is -1.12. The lowest BCUT2D eigenvalue weighted by Crippen LogP contribution is -2.51. The molecule has 164 valence electrons. The van der Waals surface area contributed by atoms with E-state index in [2.05, 4.69) is 11.9 Å². The molecule has 0 aliphatic carbocycles. The number of amides is 1. The molecule has 2 aliphatic rings. The summed E-state index contributed by atoms with van der Waals surface area (Å²) in [6.45, 7) is 4.77. The average molecular weight is 432 g/mol. The van der Waals surface area contributed by atoms with E-state index in [4.69, 9.17) is 10.1 Å². The van der Waals surface area contributed by atoms with Gasteiger partial charge in [0.15, 0.2) is 0 Å². The Labute approximate surface area is 185 Å². The zero-order valence-electron chi connectivity index (χ0n) is 17.5. The number of aliphatic carboxylic acids is 1. The molecule has 0 bridgehead atoms. The van der Waals surface area contributed by atoms with Crippen LogP contribution < -0.4 is 10.1 Å². The Morgan fingerprint density at radius 1 is 1.12 bits per heavy atom. The molecule has 1 saturated heterocycles. The quantitative estimate of drug-likeness (QED) is 0.606. The Hall–Kier alpha value is -4.07. The largest absolute Gasteiger partial charge is 0.477 e. The van der Waals surface area contributed by atoms with Gasteiger partial charge in [-0.05, 0) is 42.3 Å². The maximum absolute atomic E-state index is 11.9. The van der Waals surface area contributed by atoms with Gasteiger partial charge in [0, 0.05) is 13.1 Å². The molecule has 4 rings (SSSR count). The first-order valence-electron chi connectivity index (χ1n) is 10.3. The molecule has 1 amide bonds. The van der Waals surface area contributed by atoms with Gasteiger partial charge in [-0.25, -0.2) is 4.79 Å². The summed E-state index contributed by atoms with van der Waals surface area (Å²) in [5.74, 6) is 0.169. The summed E-state index contributed by atoms with van der Waals surface area (Å²) >= 11 is 0. The van der Waals surface area contributed by atoms with Gasteiger partial charge in [-0.2, -0.15) is 0 Å². The molecule has 0 aromatic heterocycles. The topological polar surface area (TPSA) is 106 Å². The lowest BCUT2D eigenvalue weighted by Gasteiger charge is -2.37. The van der Waals surface area contributed by atoms with E-state index in [0.717, 1.165) is 0 Å². The van der Waals surface area contributed by atoms with Crippen LogP contribution in [0.5, 0.6) is 11.5 Å². The van der Waals surface area contributed by atoms with Crippen LogP contribution in [0, 0.1) is 5.41 Å². The summed E-state index contributed by atoms with van der Waals surface area (Å²) in [6, 6.07) is 16.3. The summed E-state index contributed by atoms with van der Waals surface area (Å²) in [4.78, 5) is 27.3. The van der Waals surface area contributed by atoms with Crippen LogP contribution in [0.4, 0.5) is 0 Å². The third-order valence-electron chi connectivity index (χ3n) is 5.63. The maximum Gasteiger partial charge on any atom is 0.352 e. The van der Waals surface area contributed by atoms with Crippen LogP contribution in [-0.2, 0) is 9.59 Å². The van der Waals surface area contributed by atoms with Crippen LogP contribution in [0.15, 0.2) is 72.9 Å². The van der Waals surface area contributed by atoms with Crippen LogP contribution in [0.2, 0.25) is 0 Å². The van der Waals surface area contributed by atoms with Crippen molar-refractivity contribution in [3.8, 4) is 11.5 Å². The lowest BCUT2D eigenvalue weighted by molar-refractivity contribution is -0.133. The number of carbonyl (C=O) groups is 2. The van der Waals surface area contributed by atoms with Crippen molar-refractivity contribution in [1.82, 2.24) is 15.1 Å². The zero-order valence-corrected chi connectivity index (χ0v) is 17.5. The number of para-hydroxylation sites is 1. The second kappa shape index (κ2) is 8.97. The molecule has 2 aromatic carbocycles. The molecule has 0 saturated carbocycles. The van der Waals surface area contributed by atoms with Crippen LogP contribution >= 0.6 is 0 Å². The molecule has 32 heavy (non-hydrogen) atoms. The molecule has 8 heteroatoms. The first-order valence-corrected chi connectivity index (χ1v) is 10.3. The van der Waals surface area contributed by atoms with Crippen molar-refractivity contribution in [2.45, 2.75) is 12.5 Å². The van der Waals surface area contributed by atoms with Gasteiger partial charge < -0.3 is 25.0 Å². The number of hydrogen-bond donors (Lipinski definition) is 3. The number of rotatable bonds is 6. The SMILES string of the molecule is C=CC(=O)N1CC[C@@H](N2CNC(C(=O)O)=C(c3ccc(Oc4ccccc4)cc3)C2=N)C1. The number of nitrogens with one attached hydrogen (secondary N) is 2. The predicted octanol–water partition coefficient (Wildman–Crippen LogP) is 2.90. The Balaban J connectivity index is 1.57. The van der Waals surface area contributed by atoms with Gasteiger partial charge in [0.2, 0.25) is 5.91 Å². The number of carbonyl (C=O) groups excluding carboxylic acids is 1. The molecular formula is C24H24N4O4. The van der Waals surface area contributed by atoms with Crippen molar-refractivity contribution in [3.63, 3.8) is 0 Å². The van der Waals surface area contributed by atoms with Gasteiger partial charge in [0.05, 0.1) is 18.3 Å². The van der Waals surface area contributed by atoms with E-state index in [-0.39, 0.29) is 30.2 Å². The fourth-order valence-electron chi connectivity index (χ4n) is 4.01. The highest BCUT2D eigenvalue weighted by molar-refractivity contribution is 6.26. The van der Waals surface area contributed by atoms with Gasteiger partial charge >= 0.3 is 5.97 Å². The molecular weight excluding hydrogens is 408 g/mol. The number of benzene rings is 2. The van der Waals surface area contributed by atoms with E-state index in [1.165, 1.54) is 6.08 Å². The number of hydrogen-bond acceptors (Lipinski definition) is 5. The standard InChI is InChI=1S/C24H24N4O4/c1-2-20(29)27-13-12-17(14-27)28-15-26-22(24(30)31)21(23(28)25)16-8-10-19(11-9-16)32-18-6-4-3-5-7-18/h2-11,17,25-26H,1,12-15H2,(H,30,31)/t17-/m1/s1. The van der Waals surface area contributed by atoms with E-state index in [1.807, 2.05) is 35.2 Å². The second-order valence-electron chi connectivity index (χ2n) is 7.58. The van der Waals surface area contributed by atoms with Gasteiger partial charge in [0.25, 0.3) is 0 Å². The number of carboxylic acids is 1. The number of likely N-dealkylation sites (tertiary alicyclic amines) is 1. The highest BCUT2D eigenvalue weighted by atomic mass is 16.5. The second-order valence-corrected chi connectivity index (χ2v) is 7.58. The molecule has 1 atom stereocenters. The zero-order chi connectivity index (χ0) is 22.7.